The SMILES string of the molecule is [Cl-].[Cl-].[Cl-].[Ti+3][CH]1CC2C=CC=CC2C1[Si]1(c2ccccc2)CCCC1. The molecule has 2 aliphatic carbocycles. The van der Waals surface area contributed by atoms with Gasteiger partial charge in [-0.2, -0.15) is 0 Å². The van der Waals surface area contributed by atoms with Crippen molar-refractivity contribution in [2.24, 2.45) is 11.8 Å². The molecule has 0 N–H and O–H groups in total. The number of rotatable bonds is 2. The van der Waals surface area contributed by atoms with Crippen LogP contribution < -0.4 is 42.4 Å². The first-order valence-corrected chi connectivity index (χ1v) is 11.8. The van der Waals surface area contributed by atoms with Gasteiger partial charge in [0, 0.05) is 0 Å². The second-order valence-corrected chi connectivity index (χ2v) is 12.8. The third-order valence-electron chi connectivity index (χ3n) is 6.15. The van der Waals surface area contributed by atoms with Crippen molar-refractivity contribution < 1.29 is 57.7 Å². The van der Waals surface area contributed by atoms with Gasteiger partial charge >= 0.3 is 141 Å². The molecule has 1 aromatic rings. The van der Waals surface area contributed by atoms with Gasteiger partial charge in [0.2, 0.25) is 0 Å². The first-order valence-electron chi connectivity index (χ1n) is 8.43. The second-order valence-electron chi connectivity index (χ2n) is 7.11. The van der Waals surface area contributed by atoms with Crippen LogP contribution in [-0.4, -0.2) is 8.07 Å². The summed E-state index contributed by atoms with van der Waals surface area (Å²) in [5, 5.41) is 1.75. The Bertz CT molecular complexity index is 569. The van der Waals surface area contributed by atoms with E-state index in [0.717, 1.165) is 21.6 Å². The van der Waals surface area contributed by atoms with E-state index in [4.69, 9.17) is 0 Å². The molecule has 0 radical (unpaired) electrons. The zero-order valence-corrected chi connectivity index (χ0v) is 18.5. The van der Waals surface area contributed by atoms with Crippen LogP contribution in [0.25, 0.3) is 0 Å². The van der Waals surface area contributed by atoms with Crippen molar-refractivity contribution in [3.8, 4) is 0 Å². The topological polar surface area (TPSA) is 0 Å². The van der Waals surface area contributed by atoms with Crippen LogP contribution in [0.3, 0.4) is 0 Å². The van der Waals surface area contributed by atoms with Crippen LogP contribution in [0.2, 0.25) is 21.9 Å². The maximum absolute atomic E-state index is 2.55. The molecule has 1 heterocycles. The summed E-state index contributed by atoms with van der Waals surface area (Å²) >= 11 is 2.54. The number of hydrogen-bond acceptors (Lipinski definition) is 0. The van der Waals surface area contributed by atoms with Gasteiger partial charge < -0.3 is 37.2 Å². The van der Waals surface area contributed by atoms with Crippen LogP contribution in [-0.2, 0) is 20.4 Å². The van der Waals surface area contributed by atoms with E-state index in [9.17, 15) is 0 Å². The van der Waals surface area contributed by atoms with E-state index in [0.29, 0.717) is 0 Å². The molecule has 5 heteroatoms. The van der Waals surface area contributed by atoms with Crippen LogP contribution in [0.15, 0.2) is 54.6 Å². The van der Waals surface area contributed by atoms with Gasteiger partial charge in [-0.15, -0.1) is 0 Å². The predicted molar refractivity (Wildman–Crippen MR) is 88.1 cm³/mol. The van der Waals surface area contributed by atoms with E-state index < -0.39 is 8.07 Å². The second kappa shape index (κ2) is 9.44. The van der Waals surface area contributed by atoms with Crippen molar-refractivity contribution in [2.75, 3.05) is 0 Å². The average Bonchev–Trinajstić information content (AvgIpc) is 3.12. The Labute approximate surface area is 177 Å². The Morgan fingerprint density at radius 1 is 0.875 bits per heavy atom. The molecule has 3 aliphatic rings. The van der Waals surface area contributed by atoms with Gasteiger partial charge in [-0.3, -0.25) is 0 Å². The van der Waals surface area contributed by atoms with Crippen molar-refractivity contribution in [2.45, 2.75) is 41.1 Å². The van der Waals surface area contributed by atoms with E-state index in [1.807, 2.05) is 0 Å². The van der Waals surface area contributed by atoms with Gasteiger partial charge in [0.25, 0.3) is 0 Å². The number of allylic oxidation sites excluding steroid dienone is 4. The molecule has 0 amide bonds. The van der Waals surface area contributed by atoms with E-state index in [2.05, 4.69) is 75.1 Å². The predicted octanol–water partition coefficient (Wildman–Crippen LogP) is -4.38. The molecule has 1 saturated heterocycles. The van der Waals surface area contributed by atoms with Crippen LogP contribution in [0, 0.1) is 11.8 Å². The third kappa shape index (κ3) is 3.77. The molecule has 128 valence electrons. The molecule has 0 nitrogen and oxygen atoms in total. The van der Waals surface area contributed by atoms with E-state index >= 15 is 0 Å². The average molecular weight is 434 g/mol. The van der Waals surface area contributed by atoms with Gasteiger partial charge in [0.1, 0.15) is 0 Å². The summed E-state index contributed by atoms with van der Waals surface area (Å²) < 4.78 is 0.900. The summed E-state index contributed by atoms with van der Waals surface area (Å²) in [6, 6.07) is 14.7. The van der Waals surface area contributed by atoms with E-state index in [-0.39, 0.29) is 37.2 Å². The molecular formula is C19H23Cl3SiTi. The van der Waals surface area contributed by atoms with Crippen molar-refractivity contribution in [1.29, 1.82) is 0 Å². The Kier molecular flexibility index (Phi) is 8.87. The molecule has 0 bridgehead atoms. The summed E-state index contributed by atoms with van der Waals surface area (Å²) in [6.07, 6.45) is 14.0. The molecule has 24 heavy (non-hydrogen) atoms. The summed E-state index contributed by atoms with van der Waals surface area (Å²) in [7, 11) is -1.33. The molecule has 2 fully saturated rings. The Morgan fingerprint density at radius 2 is 1.50 bits per heavy atom. The third-order valence-corrected chi connectivity index (χ3v) is 13.6. The van der Waals surface area contributed by atoms with Crippen LogP contribution >= 0.6 is 0 Å². The monoisotopic (exact) mass is 432 g/mol. The molecule has 1 saturated carbocycles. The molecule has 0 aromatic heterocycles. The number of benzene rings is 1. The first-order chi connectivity index (χ1) is 10.3. The number of fused-ring (bicyclic) bond motifs is 1. The summed E-state index contributed by atoms with van der Waals surface area (Å²) in [6.45, 7) is 0. The summed E-state index contributed by atoms with van der Waals surface area (Å²) in [5.74, 6) is 1.65. The van der Waals surface area contributed by atoms with Gasteiger partial charge in [0.15, 0.2) is 0 Å². The Morgan fingerprint density at radius 3 is 2.17 bits per heavy atom. The van der Waals surface area contributed by atoms with Crippen molar-refractivity contribution >= 4 is 13.3 Å². The molecule has 1 aromatic carbocycles. The molecule has 4 atom stereocenters. The summed E-state index contributed by atoms with van der Waals surface area (Å²) in [5.41, 5.74) is 0.966. The Hall–Kier alpha value is 0.501. The number of hydrogen-bond donors (Lipinski definition) is 0. The fourth-order valence-electron chi connectivity index (χ4n) is 5.34. The normalized spacial score (nSPS) is 32.2. The molecule has 0 spiro atoms. The maximum atomic E-state index is 2.55. The summed E-state index contributed by atoms with van der Waals surface area (Å²) in [4.78, 5) is 0. The minimum absolute atomic E-state index is 0. The van der Waals surface area contributed by atoms with E-state index in [1.54, 1.807) is 5.19 Å². The number of halogens is 3. The fraction of sp³-hybridized carbons (Fsp3) is 0.474. The first kappa shape index (κ1) is 22.5. The zero-order chi connectivity index (χ0) is 14.3. The van der Waals surface area contributed by atoms with Gasteiger partial charge in [-0.05, 0) is 0 Å². The van der Waals surface area contributed by atoms with Crippen molar-refractivity contribution in [3.63, 3.8) is 0 Å². The molecule has 4 unspecified atom stereocenters. The minimum atomic E-state index is -1.33. The van der Waals surface area contributed by atoms with Crippen LogP contribution in [0.1, 0.15) is 19.3 Å². The molecule has 4 rings (SSSR count). The molecular weight excluding hydrogens is 411 g/mol. The van der Waals surface area contributed by atoms with Gasteiger partial charge in [-0.1, -0.05) is 0 Å². The van der Waals surface area contributed by atoms with Crippen LogP contribution in [0.5, 0.6) is 0 Å². The Balaban J connectivity index is 0.000000960. The van der Waals surface area contributed by atoms with Crippen LogP contribution in [0.4, 0.5) is 0 Å². The molecule has 1 aliphatic heterocycles. The standard InChI is InChI=1S/C19H23Si.3ClH.Ti/c1-2-9-17(10-3-1)20(14-6-7-15-20)19-13-12-16-8-4-5-11-18(16)19;;;;/h1-5,8-11,13,16,18-19H,6-7,12,14-15H2;3*1H;/q;;;;+3/p-3. The van der Waals surface area contributed by atoms with Crippen molar-refractivity contribution in [3.05, 3.63) is 54.6 Å². The quantitative estimate of drug-likeness (QED) is 0.414. The van der Waals surface area contributed by atoms with Crippen molar-refractivity contribution in [1.82, 2.24) is 0 Å². The fourth-order valence-corrected chi connectivity index (χ4v) is 14.1. The zero-order valence-electron chi connectivity index (χ0n) is 13.7. The van der Waals surface area contributed by atoms with Gasteiger partial charge in [-0.25, -0.2) is 0 Å². The van der Waals surface area contributed by atoms with Gasteiger partial charge in [0.05, 0.1) is 0 Å². The van der Waals surface area contributed by atoms with E-state index in [1.165, 1.54) is 31.4 Å².